The molecule has 12 heavy (non-hydrogen) atoms. The molecule has 0 aliphatic rings. The van der Waals surface area contributed by atoms with Crippen LogP contribution in [0.4, 0.5) is 0 Å². The van der Waals surface area contributed by atoms with Crippen molar-refractivity contribution in [2.45, 2.75) is 53.9 Å². The minimum Gasteiger partial charge on any atom is -0.198 e. The van der Waals surface area contributed by atoms with E-state index in [2.05, 4.69) is 26.8 Å². The third-order valence-corrected chi connectivity index (χ3v) is 2.06. The molecule has 0 aromatic heterocycles. The predicted octanol–water partition coefficient (Wildman–Crippen LogP) is 4.00. The maximum absolute atomic E-state index is 8.62. The van der Waals surface area contributed by atoms with Gasteiger partial charge in [-0.3, -0.25) is 0 Å². The largest absolute Gasteiger partial charge is 0.198 e. The average molecular weight is 169 g/mol. The first-order valence-electron chi connectivity index (χ1n) is 5.14. The van der Waals surface area contributed by atoms with Crippen LogP contribution in [0.15, 0.2) is 0 Å². The third-order valence-electron chi connectivity index (χ3n) is 2.06. The van der Waals surface area contributed by atoms with Gasteiger partial charge in [0.25, 0.3) is 0 Å². The molecule has 0 heterocycles. The second-order valence-electron chi connectivity index (χ2n) is 2.98. The monoisotopic (exact) mass is 169 g/mol. The summed E-state index contributed by atoms with van der Waals surface area (Å²) >= 11 is 0. The van der Waals surface area contributed by atoms with Crippen molar-refractivity contribution in [1.29, 1.82) is 5.26 Å². The third kappa shape index (κ3) is 7.60. The number of nitrogens with zero attached hydrogens (tertiary/aromatic N) is 1. The Morgan fingerprint density at radius 3 is 1.92 bits per heavy atom. The molecule has 0 spiro atoms. The van der Waals surface area contributed by atoms with Gasteiger partial charge in [-0.15, -0.1) is 0 Å². The van der Waals surface area contributed by atoms with Crippen molar-refractivity contribution >= 4 is 0 Å². The molecule has 0 amide bonds. The molecule has 2 atom stereocenters. The van der Waals surface area contributed by atoms with Crippen molar-refractivity contribution in [3.8, 4) is 6.07 Å². The Labute approximate surface area is 77.8 Å². The van der Waals surface area contributed by atoms with E-state index in [4.69, 9.17) is 5.26 Å². The van der Waals surface area contributed by atoms with Gasteiger partial charge in [0.05, 0.1) is 6.07 Å². The van der Waals surface area contributed by atoms with E-state index >= 15 is 0 Å². The second-order valence-corrected chi connectivity index (χ2v) is 2.98. The van der Waals surface area contributed by atoms with Crippen LogP contribution in [0.2, 0.25) is 0 Å². The lowest BCUT2D eigenvalue weighted by Gasteiger charge is -2.10. The van der Waals surface area contributed by atoms with E-state index < -0.39 is 0 Å². The zero-order chi connectivity index (χ0) is 9.98. The Kier molecular flexibility index (Phi) is 12.3. The van der Waals surface area contributed by atoms with Crippen molar-refractivity contribution in [2.75, 3.05) is 0 Å². The molecule has 0 aliphatic carbocycles. The first kappa shape index (κ1) is 14.0. The van der Waals surface area contributed by atoms with Gasteiger partial charge in [0.15, 0.2) is 0 Å². The van der Waals surface area contributed by atoms with Crippen molar-refractivity contribution < 1.29 is 0 Å². The molecule has 2 unspecified atom stereocenters. The molecular weight excluding hydrogens is 146 g/mol. The summed E-state index contributed by atoms with van der Waals surface area (Å²) in [4.78, 5) is 0. The van der Waals surface area contributed by atoms with Crippen LogP contribution in [-0.2, 0) is 0 Å². The highest BCUT2D eigenvalue weighted by Gasteiger charge is 2.07. The smallest absolute Gasteiger partial charge is 0.0655 e. The van der Waals surface area contributed by atoms with Crippen molar-refractivity contribution in [3.63, 3.8) is 0 Å². The second kappa shape index (κ2) is 10.5. The molecular formula is C11H23N. The molecule has 0 N–H and O–H groups in total. The van der Waals surface area contributed by atoms with Crippen molar-refractivity contribution in [1.82, 2.24) is 0 Å². The van der Waals surface area contributed by atoms with Gasteiger partial charge in [0.1, 0.15) is 0 Å². The standard InChI is InChI=1S/C9H17N.C2H6/c1-4-8(3)6-9(5-2)7-10;1-2/h8-9H,4-6H2,1-3H3;1-2H3. The summed E-state index contributed by atoms with van der Waals surface area (Å²) in [5.74, 6) is 1.000. The molecule has 1 heteroatoms. The van der Waals surface area contributed by atoms with Crippen LogP contribution in [0, 0.1) is 23.2 Å². The van der Waals surface area contributed by atoms with E-state index in [1.165, 1.54) is 6.42 Å². The van der Waals surface area contributed by atoms with Gasteiger partial charge >= 0.3 is 0 Å². The van der Waals surface area contributed by atoms with Gasteiger partial charge in [-0.1, -0.05) is 41.0 Å². The molecule has 0 aromatic rings. The lowest BCUT2D eigenvalue weighted by molar-refractivity contribution is 0.433. The van der Waals surface area contributed by atoms with Gasteiger partial charge in [-0.25, -0.2) is 0 Å². The van der Waals surface area contributed by atoms with E-state index in [1.807, 2.05) is 13.8 Å². The minimum atomic E-state index is 0.287. The molecule has 0 rings (SSSR count). The first-order chi connectivity index (χ1) is 5.74. The van der Waals surface area contributed by atoms with Crippen molar-refractivity contribution in [2.24, 2.45) is 11.8 Å². The Bertz CT molecular complexity index is 113. The molecule has 0 bridgehead atoms. The van der Waals surface area contributed by atoms with Crippen LogP contribution in [-0.4, -0.2) is 0 Å². The summed E-state index contributed by atoms with van der Waals surface area (Å²) in [6, 6.07) is 2.32. The maximum Gasteiger partial charge on any atom is 0.0655 e. The SMILES string of the molecule is CC.CCC(C)CC(C#N)CC. The number of nitriles is 1. The molecule has 0 aromatic carbocycles. The zero-order valence-corrected chi connectivity index (χ0v) is 9.22. The minimum absolute atomic E-state index is 0.287. The lowest BCUT2D eigenvalue weighted by atomic mass is 9.93. The van der Waals surface area contributed by atoms with Crippen LogP contribution >= 0.6 is 0 Å². The Morgan fingerprint density at radius 1 is 1.17 bits per heavy atom. The molecule has 0 saturated carbocycles. The fraction of sp³-hybridized carbons (Fsp3) is 0.909. The molecule has 0 fully saturated rings. The van der Waals surface area contributed by atoms with Crippen LogP contribution in [0.25, 0.3) is 0 Å². The van der Waals surface area contributed by atoms with E-state index in [-0.39, 0.29) is 5.92 Å². The Balaban J connectivity index is 0. The average Bonchev–Trinajstić information content (AvgIpc) is 2.16. The van der Waals surface area contributed by atoms with Gasteiger partial charge in [-0.05, 0) is 18.8 Å². The fourth-order valence-electron chi connectivity index (χ4n) is 0.963. The molecule has 0 radical (unpaired) electrons. The number of hydrogen-bond donors (Lipinski definition) is 0. The highest BCUT2D eigenvalue weighted by Crippen LogP contribution is 2.16. The Morgan fingerprint density at radius 2 is 1.67 bits per heavy atom. The van der Waals surface area contributed by atoms with Gasteiger partial charge < -0.3 is 0 Å². The Hall–Kier alpha value is -0.510. The fourth-order valence-corrected chi connectivity index (χ4v) is 0.963. The first-order valence-corrected chi connectivity index (χ1v) is 5.14. The van der Waals surface area contributed by atoms with Crippen LogP contribution in [0.1, 0.15) is 53.9 Å². The van der Waals surface area contributed by atoms with Crippen molar-refractivity contribution in [3.05, 3.63) is 0 Å². The lowest BCUT2D eigenvalue weighted by Crippen LogP contribution is -2.02. The summed E-state index contributed by atoms with van der Waals surface area (Å²) in [6.45, 7) is 10.5. The summed E-state index contributed by atoms with van der Waals surface area (Å²) in [6.07, 6.45) is 3.27. The van der Waals surface area contributed by atoms with Gasteiger partial charge in [0, 0.05) is 5.92 Å². The van der Waals surface area contributed by atoms with E-state index in [0.717, 1.165) is 12.8 Å². The quantitative estimate of drug-likeness (QED) is 0.624. The topological polar surface area (TPSA) is 23.8 Å². The van der Waals surface area contributed by atoms with Crippen LogP contribution in [0.5, 0.6) is 0 Å². The summed E-state index contributed by atoms with van der Waals surface area (Å²) in [5, 5.41) is 8.62. The highest BCUT2D eigenvalue weighted by atomic mass is 14.3. The van der Waals surface area contributed by atoms with Gasteiger partial charge in [0.2, 0.25) is 0 Å². The van der Waals surface area contributed by atoms with Crippen LogP contribution in [0.3, 0.4) is 0 Å². The van der Waals surface area contributed by atoms with E-state index in [0.29, 0.717) is 5.92 Å². The van der Waals surface area contributed by atoms with Crippen LogP contribution < -0.4 is 0 Å². The van der Waals surface area contributed by atoms with Gasteiger partial charge in [-0.2, -0.15) is 5.26 Å². The highest BCUT2D eigenvalue weighted by molar-refractivity contribution is 4.82. The molecule has 0 saturated heterocycles. The number of hydrogen-bond acceptors (Lipinski definition) is 1. The predicted molar refractivity (Wildman–Crippen MR) is 54.8 cm³/mol. The molecule has 0 aliphatic heterocycles. The zero-order valence-electron chi connectivity index (χ0n) is 9.22. The number of rotatable bonds is 4. The normalized spacial score (nSPS) is 13.7. The van der Waals surface area contributed by atoms with E-state index in [9.17, 15) is 0 Å². The molecule has 72 valence electrons. The summed E-state index contributed by atoms with van der Waals surface area (Å²) in [7, 11) is 0. The molecule has 1 nitrogen and oxygen atoms in total. The summed E-state index contributed by atoms with van der Waals surface area (Å²) < 4.78 is 0. The maximum atomic E-state index is 8.62. The summed E-state index contributed by atoms with van der Waals surface area (Å²) in [5.41, 5.74) is 0. The van der Waals surface area contributed by atoms with E-state index in [1.54, 1.807) is 0 Å².